The van der Waals surface area contributed by atoms with Crippen molar-refractivity contribution in [1.29, 1.82) is 0 Å². The lowest BCUT2D eigenvalue weighted by molar-refractivity contribution is -0.144. The van der Waals surface area contributed by atoms with Crippen molar-refractivity contribution in [1.82, 2.24) is 9.21 Å². The second-order valence-corrected chi connectivity index (χ2v) is 10.9. The molecule has 0 spiro atoms. The van der Waals surface area contributed by atoms with Crippen LogP contribution in [0.25, 0.3) is 0 Å². The van der Waals surface area contributed by atoms with E-state index in [1.807, 2.05) is 4.90 Å². The van der Waals surface area contributed by atoms with Crippen molar-refractivity contribution in [3.63, 3.8) is 0 Å². The predicted octanol–water partition coefficient (Wildman–Crippen LogP) is 2.03. The molecule has 2 aliphatic heterocycles. The summed E-state index contributed by atoms with van der Waals surface area (Å²) in [4.78, 5) is 29.2. The third kappa shape index (κ3) is 5.32. The van der Waals surface area contributed by atoms with Gasteiger partial charge in [0.2, 0.25) is 15.9 Å². The van der Waals surface area contributed by atoms with Crippen LogP contribution in [0.5, 0.6) is 0 Å². The fourth-order valence-corrected chi connectivity index (χ4v) is 6.16. The van der Waals surface area contributed by atoms with Crippen molar-refractivity contribution >= 4 is 27.6 Å². The first-order chi connectivity index (χ1) is 15.4. The van der Waals surface area contributed by atoms with Crippen molar-refractivity contribution < 1.29 is 22.7 Å². The van der Waals surface area contributed by atoms with Gasteiger partial charge >= 0.3 is 5.97 Å². The number of carbonyl (C=O) groups is 2. The number of ether oxygens (including phenoxy) is 1. The number of rotatable bonds is 9. The first-order valence-corrected chi connectivity index (χ1v) is 13.1. The van der Waals surface area contributed by atoms with Gasteiger partial charge in [-0.15, -0.1) is 0 Å². The van der Waals surface area contributed by atoms with Gasteiger partial charge in [-0.05, 0) is 75.1 Å². The maximum absolute atomic E-state index is 13.2. The summed E-state index contributed by atoms with van der Waals surface area (Å²) in [6.07, 6.45) is 5.59. The number of sulfonamides is 1. The predicted molar refractivity (Wildman–Crippen MR) is 121 cm³/mol. The van der Waals surface area contributed by atoms with Crippen molar-refractivity contribution in [2.24, 2.45) is 5.92 Å². The molecule has 1 amide bonds. The molecular weight excluding hydrogens is 430 g/mol. The minimum atomic E-state index is -3.48. The van der Waals surface area contributed by atoms with Gasteiger partial charge in [0.1, 0.15) is 0 Å². The highest BCUT2D eigenvalue weighted by Crippen LogP contribution is 2.32. The van der Waals surface area contributed by atoms with Crippen LogP contribution < -0.4 is 4.90 Å². The third-order valence-electron chi connectivity index (χ3n) is 6.40. The van der Waals surface area contributed by atoms with Gasteiger partial charge < -0.3 is 9.64 Å². The molecule has 0 N–H and O–H groups in total. The molecule has 0 unspecified atom stereocenters. The van der Waals surface area contributed by atoms with E-state index in [2.05, 4.69) is 0 Å². The molecule has 1 saturated carbocycles. The Morgan fingerprint density at radius 3 is 2.53 bits per heavy atom. The fourth-order valence-electron chi connectivity index (χ4n) is 4.59. The van der Waals surface area contributed by atoms with Crippen LogP contribution in [-0.4, -0.2) is 75.4 Å². The van der Waals surface area contributed by atoms with Gasteiger partial charge in [-0.1, -0.05) is 0 Å². The number of hydrogen-bond acceptors (Lipinski definition) is 6. The van der Waals surface area contributed by atoms with Gasteiger partial charge in [0.25, 0.3) is 0 Å². The summed E-state index contributed by atoms with van der Waals surface area (Å²) in [6, 6.07) is 5.13. The summed E-state index contributed by atoms with van der Waals surface area (Å²) in [5.74, 6) is 0.173. The standard InChI is InChI=1S/C23H33N3O5S/c1-2-31-23(28)17-24(15-18-7-8-18)16-22(27)26-13-5-6-19-14-20(9-10-21(19)26)32(29,30)25-11-3-4-12-25/h9-10,14,18H,2-8,11-13,15-17H2,1H3. The van der Waals surface area contributed by atoms with Crippen molar-refractivity contribution in [3.05, 3.63) is 23.8 Å². The number of carbonyl (C=O) groups excluding carboxylic acids is 2. The van der Waals surface area contributed by atoms with Crippen LogP contribution in [0.2, 0.25) is 0 Å². The molecule has 176 valence electrons. The van der Waals surface area contributed by atoms with Crippen LogP contribution in [0.3, 0.4) is 0 Å². The average Bonchev–Trinajstić information content (AvgIpc) is 3.39. The van der Waals surface area contributed by atoms with Crippen molar-refractivity contribution in [2.45, 2.75) is 50.3 Å². The number of esters is 1. The molecule has 0 atom stereocenters. The van der Waals surface area contributed by atoms with Gasteiger partial charge in [0, 0.05) is 31.9 Å². The molecule has 0 radical (unpaired) electrons. The highest BCUT2D eigenvalue weighted by molar-refractivity contribution is 7.89. The summed E-state index contributed by atoms with van der Waals surface area (Å²) in [5.41, 5.74) is 1.67. The van der Waals surface area contributed by atoms with Crippen LogP contribution in [0.4, 0.5) is 5.69 Å². The van der Waals surface area contributed by atoms with Gasteiger partial charge in [-0.3, -0.25) is 14.5 Å². The van der Waals surface area contributed by atoms with Crippen molar-refractivity contribution in [3.8, 4) is 0 Å². The molecule has 2 fully saturated rings. The molecule has 3 aliphatic rings. The number of anilines is 1. The van der Waals surface area contributed by atoms with Gasteiger partial charge in [0.15, 0.2) is 0 Å². The minimum absolute atomic E-state index is 0.0638. The molecule has 0 bridgehead atoms. The van der Waals surface area contributed by atoms with Gasteiger partial charge in [-0.25, -0.2) is 8.42 Å². The van der Waals surface area contributed by atoms with E-state index < -0.39 is 10.0 Å². The lowest BCUT2D eigenvalue weighted by atomic mass is 10.0. The molecule has 1 aromatic rings. The summed E-state index contributed by atoms with van der Waals surface area (Å²) in [7, 11) is -3.48. The Morgan fingerprint density at radius 1 is 1.09 bits per heavy atom. The zero-order valence-electron chi connectivity index (χ0n) is 18.8. The SMILES string of the molecule is CCOC(=O)CN(CC(=O)N1CCCc2cc(S(=O)(=O)N3CCCC3)ccc21)CC1CC1. The number of nitrogens with zero attached hydrogens (tertiary/aromatic N) is 3. The molecule has 1 saturated heterocycles. The zero-order chi connectivity index (χ0) is 22.7. The van der Waals surface area contributed by atoms with Crippen molar-refractivity contribution in [2.75, 3.05) is 50.8 Å². The van der Waals surface area contributed by atoms with Crippen LogP contribution >= 0.6 is 0 Å². The van der Waals surface area contributed by atoms with Gasteiger partial charge in [-0.2, -0.15) is 4.31 Å². The maximum atomic E-state index is 13.2. The fraction of sp³-hybridized carbons (Fsp3) is 0.652. The van der Waals surface area contributed by atoms with E-state index >= 15 is 0 Å². The highest BCUT2D eigenvalue weighted by Gasteiger charge is 2.31. The molecule has 32 heavy (non-hydrogen) atoms. The monoisotopic (exact) mass is 463 g/mol. The van der Waals surface area contributed by atoms with E-state index in [0.717, 1.165) is 56.3 Å². The van der Waals surface area contributed by atoms with Crippen LogP contribution in [0.15, 0.2) is 23.1 Å². The largest absolute Gasteiger partial charge is 0.465 e. The molecular formula is C23H33N3O5S. The average molecular weight is 464 g/mol. The molecule has 8 nitrogen and oxygen atoms in total. The van der Waals surface area contributed by atoms with E-state index in [9.17, 15) is 18.0 Å². The topological polar surface area (TPSA) is 87.2 Å². The Bertz CT molecular complexity index is 954. The quantitative estimate of drug-likeness (QED) is 0.521. The van der Waals surface area contributed by atoms with E-state index in [-0.39, 0.29) is 25.0 Å². The number of amides is 1. The Morgan fingerprint density at radius 2 is 1.84 bits per heavy atom. The summed E-state index contributed by atoms with van der Waals surface area (Å²) >= 11 is 0. The minimum Gasteiger partial charge on any atom is -0.465 e. The van der Waals surface area contributed by atoms with Crippen LogP contribution in [0.1, 0.15) is 44.6 Å². The number of fused-ring (bicyclic) bond motifs is 1. The maximum Gasteiger partial charge on any atom is 0.320 e. The lowest BCUT2D eigenvalue weighted by Crippen LogP contribution is -2.45. The van der Waals surface area contributed by atoms with Gasteiger partial charge in [0.05, 0.1) is 24.6 Å². The zero-order valence-corrected chi connectivity index (χ0v) is 19.6. The first kappa shape index (κ1) is 23.2. The molecule has 4 rings (SSSR count). The summed E-state index contributed by atoms with van der Waals surface area (Å²) < 4.78 is 32.5. The Kier molecular flexibility index (Phi) is 7.17. The number of hydrogen-bond donors (Lipinski definition) is 0. The summed E-state index contributed by atoms with van der Waals surface area (Å²) in [5, 5.41) is 0. The first-order valence-electron chi connectivity index (χ1n) is 11.7. The molecule has 0 aromatic heterocycles. The number of benzene rings is 1. The smallest absolute Gasteiger partial charge is 0.320 e. The Balaban J connectivity index is 1.48. The highest BCUT2D eigenvalue weighted by atomic mass is 32.2. The second-order valence-electron chi connectivity index (χ2n) is 8.97. The number of aryl methyl sites for hydroxylation is 1. The van der Waals surface area contributed by atoms with Crippen LogP contribution in [-0.2, 0) is 30.8 Å². The Hall–Kier alpha value is -1.97. The molecule has 9 heteroatoms. The van der Waals surface area contributed by atoms with E-state index in [0.29, 0.717) is 37.1 Å². The third-order valence-corrected chi connectivity index (χ3v) is 8.30. The normalized spacial score (nSPS) is 19.2. The molecule has 2 heterocycles. The van der Waals surface area contributed by atoms with E-state index in [1.54, 1.807) is 34.3 Å². The summed E-state index contributed by atoms with van der Waals surface area (Å²) in [6.45, 7) is 4.83. The van der Waals surface area contributed by atoms with E-state index in [4.69, 9.17) is 4.74 Å². The van der Waals surface area contributed by atoms with E-state index in [1.165, 1.54) is 0 Å². The molecule has 1 aliphatic carbocycles. The molecule has 1 aromatic carbocycles. The lowest BCUT2D eigenvalue weighted by Gasteiger charge is -2.32. The Labute approximate surface area is 190 Å². The second kappa shape index (κ2) is 9.89. The van der Waals surface area contributed by atoms with Crippen LogP contribution in [0, 0.1) is 5.92 Å².